The smallest absolute Gasteiger partial charge is 0.387 e. The fourth-order valence-electron chi connectivity index (χ4n) is 3.30. The van der Waals surface area contributed by atoms with Gasteiger partial charge in [-0.2, -0.15) is 8.78 Å². The monoisotopic (exact) mass is 419 g/mol. The molecule has 0 bridgehead atoms. The number of ether oxygens (including phenoxy) is 1. The molecule has 0 aliphatic heterocycles. The molecule has 156 valence electrons. The lowest BCUT2D eigenvalue weighted by Gasteiger charge is -2.14. The van der Waals surface area contributed by atoms with Gasteiger partial charge in [0.2, 0.25) is 0 Å². The second-order valence-electron chi connectivity index (χ2n) is 7.12. The van der Waals surface area contributed by atoms with Crippen molar-refractivity contribution in [2.75, 3.05) is 5.32 Å². The van der Waals surface area contributed by atoms with E-state index in [4.69, 9.17) is 0 Å². The molecule has 0 atom stereocenters. The van der Waals surface area contributed by atoms with E-state index in [1.165, 1.54) is 6.07 Å². The highest BCUT2D eigenvalue weighted by Gasteiger charge is 2.18. The van der Waals surface area contributed by atoms with Crippen molar-refractivity contribution >= 4 is 22.5 Å². The van der Waals surface area contributed by atoms with E-state index in [1.54, 1.807) is 43.5 Å². The largest absolute Gasteiger partial charge is 0.433 e. The van der Waals surface area contributed by atoms with Crippen molar-refractivity contribution < 1.29 is 18.3 Å². The predicted octanol–water partition coefficient (Wildman–Crippen LogP) is 5.77. The summed E-state index contributed by atoms with van der Waals surface area (Å²) in [6.45, 7) is 0.716. The van der Waals surface area contributed by atoms with Crippen LogP contribution in [0.25, 0.3) is 22.3 Å². The van der Waals surface area contributed by atoms with Crippen molar-refractivity contribution in [3.8, 4) is 17.1 Å². The fourth-order valence-corrected chi connectivity index (χ4v) is 3.30. The molecule has 2 heterocycles. The molecule has 0 fully saturated rings. The van der Waals surface area contributed by atoms with Crippen molar-refractivity contribution in [2.24, 2.45) is 0 Å². The topological polar surface area (TPSA) is 64.1 Å². The summed E-state index contributed by atoms with van der Waals surface area (Å²) < 4.78 is 30.2. The van der Waals surface area contributed by atoms with Crippen molar-refractivity contribution in [3.63, 3.8) is 0 Å². The Morgan fingerprint density at radius 1 is 0.968 bits per heavy atom. The Balaban J connectivity index is 1.81. The molecule has 0 saturated heterocycles. The highest BCUT2D eigenvalue weighted by atomic mass is 19.3. The first-order valence-corrected chi connectivity index (χ1v) is 9.60. The van der Waals surface area contributed by atoms with Crippen LogP contribution < -0.4 is 10.1 Å². The molecule has 7 heteroatoms. The number of hydrogen-bond donors (Lipinski definition) is 1. The lowest BCUT2D eigenvalue weighted by molar-refractivity contribution is -0.0493. The average molecular weight is 419 g/mol. The molecule has 0 saturated carbocycles. The van der Waals surface area contributed by atoms with Crippen LogP contribution in [0.2, 0.25) is 0 Å². The summed E-state index contributed by atoms with van der Waals surface area (Å²) in [4.78, 5) is 22.2. The van der Waals surface area contributed by atoms with E-state index in [9.17, 15) is 13.6 Å². The summed E-state index contributed by atoms with van der Waals surface area (Å²) in [6.07, 6.45) is 1.65. The van der Waals surface area contributed by atoms with Gasteiger partial charge in [-0.3, -0.25) is 9.78 Å². The number of pyridine rings is 2. The Labute approximate surface area is 177 Å². The zero-order valence-electron chi connectivity index (χ0n) is 16.9. The zero-order valence-corrected chi connectivity index (χ0v) is 16.9. The Morgan fingerprint density at radius 3 is 2.48 bits per heavy atom. The van der Waals surface area contributed by atoms with E-state index in [2.05, 4.69) is 20.0 Å². The average Bonchev–Trinajstić information content (AvgIpc) is 2.75. The van der Waals surface area contributed by atoms with Crippen LogP contribution in [-0.4, -0.2) is 22.5 Å². The van der Waals surface area contributed by atoms with E-state index in [0.717, 1.165) is 11.1 Å². The molecular weight excluding hydrogens is 400 g/mol. The van der Waals surface area contributed by atoms with Crippen LogP contribution in [0.1, 0.15) is 21.5 Å². The van der Waals surface area contributed by atoms with Crippen LogP contribution in [0, 0.1) is 13.8 Å². The molecule has 0 spiro atoms. The molecular formula is C24H19F2N3O2. The number of carbonyl (C=O) groups excluding carboxylic acids is 1. The second kappa shape index (κ2) is 8.47. The number of halogens is 2. The second-order valence-corrected chi connectivity index (χ2v) is 7.12. The molecule has 2 aromatic heterocycles. The van der Waals surface area contributed by atoms with Crippen LogP contribution in [-0.2, 0) is 0 Å². The third kappa shape index (κ3) is 4.50. The van der Waals surface area contributed by atoms with Crippen molar-refractivity contribution in [1.82, 2.24) is 9.97 Å². The molecule has 4 aromatic rings. The van der Waals surface area contributed by atoms with Crippen molar-refractivity contribution in [1.29, 1.82) is 0 Å². The molecule has 1 N–H and O–H groups in total. The third-order valence-electron chi connectivity index (χ3n) is 4.74. The van der Waals surface area contributed by atoms with Crippen molar-refractivity contribution in [2.45, 2.75) is 20.5 Å². The van der Waals surface area contributed by atoms with Gasteiger partial charge in [0.1, 0.15) is 5.75 Å². The number of nitrogens with zero attached hydrogens (tertiary/aromatic N) is 2. The summed E-state index contributed by atoms with van der Waals surface area (Å²) in [5.41, 5.74) is 4.08. The Kier molecular flexibility index (Phi) is 5.58. The molecule has 5 nitrogen and oxygen atoms in total. The minimum absolute atomic E-state index is 0.103. The minimum atomic E-state index is -3.00. The predicted molar refractivity (Wildman–Crippen MR) is 115 cm³/mol. The molecule has 0 aliphatic carbocycles. The van der Waals surface area contributed by atoms with Gasteiger partial charge in [0.15, 0.2) is 0 Å². The number of anilines is 1. The number of hydrogen-bond acceptors (Lipinski definition) is 4. The van der Waals surface area contributed by atoms with Gasteiger partial charge >= 0.3 is 6.61 Å². The van der Waals surface area contributed by atoms with Crippen LogP contribution in [0.5, 0.6) is 5.75 Å². The maximum Gasteiger partial charge on any atom is 0.387 e. The van der Waals surface area contributed by atoms with Gasteiger partial charge in [0.25, 0.3) is 5.91 Å². The lowest BCUT2D eigenvalue weighted by atomic mass is 10.0. The number of carbonyl (C=O) groups is 1. The molecule has 4 rings (SSSR count). The quantitative estimate of drug-likeness (QED) is 0.446. The van der Waals surface area contributed by atoms with Gasteiger partial charge in [-0.25, -0.2) is 4.98 Å². The highest BCUT2D eigenvalue weighted by molar-refractivity contribution is 6.13. The van der Waals surface area contributed by atoms with E-state index >= 15 is 0 Å². The first kappa shape index (κ1) is 20.4. The Bertz CT molecular complexity index is 1260. The Morgan fingerprint density at radius 2 is 1.74 bits per heavy atom. The first-order chi connectivity index (χ1) is 14.9. The standard InChI is InChI=1S/C24H19F2N3O2/c1-14-6-8-18-16(11-14)17(13-20(28-18)19-5-3-4-10-27-19)23(30)29-21-12-15(2)7-9-22(21)31-24(25)26/h3-13,24H,1-2H3,(H,29,30). The molecule has 1 amide bonds. The van der Waals surface area contributed by atoms with Crippen LogP contribution in [0.15, 0.2) is 66.9 Å². The van der Waals surface area contributed by atoms with Gasteiger partial charge < -0.3 is 10.1 Å². The van der Waals surface area contributed by atoms with Gasteiger partial charge in [-0.15, -0.1) is 0 Å². The molecule has 0 radical (unpaired) electrons. The van der Waals surface area contributed by atoms with E-state index in [1.807, 2.05) is 31.2 Å². The zero-order chi connectivity index (χ0) is 22.0. The summed E-state index contributed by atoms with van der Waals surface area (Å²) in [5, 5.41) is 3.37. The van der Waals surface area contributed by atoms with Crippen molar-refractivity contribution in [3.05, 3.63) is 83.6 Å². The van der Waals surface area contributed by atoms with E-state index < -0.39 is 12.5 Å². The number of nitrogens with one attached hydrogen (secondary N) is 1. The lowest BCUT2D eigenvalue weighted by Crippen LogP contribution is -2.15. The number of alkyl halides is 2. The number of benzene rings is 2. The summed E-state index contributed by atoms with van der Waals surface area (Å²) in [6, 6.07) is 17.3. The Hall–Kier alpha value is -3.87. The van der Waals surface area contributed by atoms with Crippen LogP contribution in [0.4, 0.5) is 14.5 Å². The van der Waals surface area contributed by atoms with Gasteiger partial charge in [0.05, 0.1) is 28.2 Å². The SMILES string of the molecule is Cc1ccc(OC(F)F)c(NC(=O)c2cc(-c3ccccn3)nc3ccc(C)cc23)c1. The number of rotatable bonds is 5. The fraction of sp³-hybridized carbons (Fsp3) is 0.125. The molecule has 2 aromatic carbocycles. The van der Waals surface area contributed by atoms with Gasteiger partial charge in [-0.1, -0.05) is 23.8 Å². The first-order valence-electron chi connectivity index (χ1n) is 9.60. The maximum absolute atomic E-state index is 13.3. The number of aryl methyl sites for hydroxylation is 2. The van der Waals surface area contributed by atoms with E-state index in [0.29, 0.717) is 27.9 Å². The maximum atomic E-state index is 13.3. The van der Waals surface area contributed by atoms with Crippen LogP contribution in [0.3, 0.4) is 0 Å². The van der Waals surface area contributed by atoms with E-state index in [-0.39, 0.29) is 11.4 Å². The third-order valence-corrected chi connectivity index (χ3v) is 4.74. The summed E-state index contributed by atoms with van der Waals surface area (Å²) in [7, 11) is 0. The number of amides is 1. The highest BCUT2D eigenvalue weighted by Crippen LogP contribution is 2.30. The summed E-state index contributed by atoms with van der Waals surface area (Å²) >= 11 is 0. The minimum Gasteiger partial charge on any atom is -0.433 e. The molecule has 0 unspecified atom stereocenters. The normalized spacial score (nSPS) is 11.0. The molecule has 0 aliphatic rings. The number of aromatic nitrogens is 2. The van der Waals surface area contributed by atoms with Gasteiger partial charge in [-0.05, 0) is 61.9 Å². The number of fused-ring (bicyclic) bond motifs is 1. The van der Waals surface area contributed by atoms with Crippen LogP contribution >= 0.6 is 0 Å². The van der Waals surface area contributed by atoms with Gasteiger partial charge in [0, 0.05) is 11.6 Å². The molecule has 31 heavy (non-hydrogen) atoms. The summed E-state index contributed by atoms with van der Waals surface area (Å²) in [5.74, 6) is -0.562.